The Morgan fingerprint density at radius 1 is 1.05 bits per heavy atom. The Balaban J connectivity index is 1.18. The maximum Gasteiger partial charge on any atom is 0.178 e. The molecule has 2 aromatic heterocycles. The van der Waals surface area contributed by atoms with E-state index in [1.165, 1.54) is 6.07 Å². The molecule has 0 radical (unpaired) electrons. The van der Waals surface area contributed by atoms with Gasteiger partial charge in [-0.05, 0) is 63.6 Å². The van der Waals surface area contributed by atoms with Gasteiger partial charge in [0.2, 0.25) is 0 Å². The van der Waals surface area contributed by atoms with Gasteiger partial charge in [-0.1, -0.05) is 11.6 Å². The first kappa shape index (κ1) is 27.5. The van der Waals surface area contributed by atoms with Gasteiger partial charge in [0.05, 0.1) is 23.9 Å². The Morgan fingerprint density at radius 3 is 2.50 bits per heavy atom. The quantitative estimate of drug-likeness (QED) is 0.370. The van der Waals surface area contributed by atoms with Crippen molar-refractivity contribution in [3.05, 3.63) is 35.2 Å². The molecule has 1 aliphatic carbocycles. The summed E-state index contributed by atoms with van der Waals surface area (Å²) in [6.45, 7) is 5.62. The monoisotopic (exact) mass is 548 g/mol. The molecule has 0 aromatic carbocycles. The van der Waals surface area contributed by atoms with E-state index in [2.05, 4.69) is 25.9 Å². The first-order chi connectivity index (χ1) is 18.3. The SMILES string of the molecule is CC1(CNC2CCC(Nc3cc(-c4ccc(F)c(NCC5(N)CCOCC5)n4)c(Cl)cn3)CC2)OCCO1. The fraction of sp³-hybridized carbons (Fsp3) is 0.630. The number of ether oxygens (including phenoxy) is 3. The maximum absolute atomic E-state index is 14.6. The number of nitrogens with zero attached hydrogens (tertiary/aromatic N) is 2. The highest BCUT2D eigenvalue weighted by Crippen LogP contribution is 2.31. The normalized spacial score (nSPS) is 24.7. The van der Waals surface area contributed by atoms with Crippen molar-refractivity contribution in [3.63, 3.8) is 0 Å². The van der Waals surface area contributed by atoms with Gasteiger partial charge in [-0.2, -0.15) is 0 Å². The second kappa shape index (κ2) is 12.0. The summed E-state index contributed by atoms with van der Waals surface area (Å²) in [7, 11) is 0. The van der Waals surface area contributed by atoms with E-state index in [0.717, 1.165) is 31.5 Å². The highest BCUT2D eigenvalue weighted by atomic mass is 35.5. The van der Waals surface area contributed by atoms with Gasteiger partial charge in [-0.25, -0.2) is 14.4 Å². The zero-order valence-electron chi connectivity index (χ0n) is 21.9. The van der Waals surface area contributed by atoms with Gasteiger partial charge < -0.3 is 35.9 Å². The minimum absolute atomic E-state index is 0.161. The van der Waals surface area contributed by atoms with Gasteiger partial charge in [0.25, 0.3) is 0 Å². The second-order valence-electron chi connectivity index (χ2n) is 10.8. The molecular weight excluding hydrogens is 511 g/mol. The molecule has 38 heavy (non-hydrogen) atoms. The van der Waals surface area contributed by atoms with Crippen molar-refractivity contribution < 1.29 is 18.6 Å². The average molecular weight is 549 g/mol. The lowest BCUT2D eigenvalue weighted by molar-refractivity contribution is -0.139. The molecule has 208 valence electrons. The third-order valence-corrected chi connectivity index (χ3v) is 8.06. The van der Waals surface area contributed by atoms with Crippen molar-refractivity contribution in [2.45, 2.75) is 68.9 Å². The number of aromatic nitrogens is 2. The Morgan fingerprint density at radius 2 is 1.76 bits per heavy atom. The van der Waals surface area contributed by atoms with E-state index >= 15 is 0 Å². The van der Waals surface area contributed by atoms with Crippen LogP contribution >= 0.6 is 11.6 Å². The molecule has 0 unspecified atom stereocenters. The zero-order chi connectivity index (χ0) is 26.6. The van der Waals surface area contributed by atoms with Crippen LogP contribution in [0.4, 0.5) is 16.0 Å². The van der Waals surface area contributed by atoms with Crippen molar-refractivity contribution in [2.24, 2.45) is 5.73 Å². The molecule has 0 atom stereocenters. The lowest BCUT2D eigenvalue weighted by atomic mass is 9.91. The fourth-order valence-corrected chi connectivity index (χ4v) is 5.48. The van der Waals surface area contributed by atoms with E-state index in [4.69, 9.17) is 31.5 Å². The van der Waals surface area contributed by atoms with E-state index in [-0.39, 0.29) is 5.82 Å². The van der Waals surface area contributed by atoms with E-state index in [1.54, 1.807) is 12.3 Å². The molecule has 11 heteroatoms. The van der Waals surface area contributed by atoms with Crippen molar-refractivity contribution >= 4 is 23.2 Å². The van der Waals surface area contributed by atoms with Gasteiger partial charge in [0.15, 0.2) is 17.4 Å². The molecule has 3 aliphatic rings. The number of hydrogen-bond donors (Lipinski definition) is 4. The number of halogens is 2. The molecule has 5 rings (SSSR count). The van der Waals surface area contributed by atoms with Gasteiger partial charge in [-0.3, -0.25) is 0 Å². The molecule has 2 aliphatic heterocycles. The lowest BCUT2D eigenvalue weighted by Gasteiger charge is -2.33. The molecule has 5 N–H and O–H groups in total. The van der Waals surface area contributed by atoms with Crippen molar-refractivity contribution in [3.8, 4) is 11.3 Å². The van der Waals surface area contributed by atoms with Crippen LogP contribution in [0.25, 0.3) is 11.3 Å². The zero-order valence-corrected chi connectivity index (χ0v) is 22.7. The summed E-state index contributed by atoms with van der Waals surface area (Å²) in [5, 5.41) is 10.7. The van der Waals surface area contributed by atoms with Crippen LogP contribution < -0.4 is 21.7 Å². The molecule has 2 aromatic rings. The number of nitrogens with two attached hydrogens (primary N) is 1. The minimum atomic E-state index is -0.515. The number of rotatable bonds is 9. The van der Waals surface area contributed by atoms with Crippen LogP contribution in [0, 0.1) is 5.82 Å². The predicted octanol–water partition coefficient (Wildman–Crippen LogP) is 3.93. The average Bonchev–Trinajstić information content (AvgIpc) is 3.36. The number of pyridine rings is 2. The van der Waals surface area contributed by atoms with E-state index < -0.39 is 17.1 Å². The molecule has 9 nitrogen and oxygen atoms in total. The van der Waals surface area contributed by atoms with Crippen molar-refractivity contribution in [2.75, 3.05) is 50.2 Å². The number of anilines is 2. The molecule has 0 spiro atoms. The standard InChI is InChI=1S/C27H38ClFN6O3/c1-26(37-12-13-38-26)16-32-18-2-4-19(5-3-18)34-24-14-20(21(28)15-31-24)23-7-6-22(29)25(35-23)33-17-27(30)8-10-36-11-9-27/h6-7,14-15,18-19,32H,2-5,8-13,16-17,30H2,1H3,(H,31,34)(H,33,35). The van der Waals surface area contributed by atoms with E-state index in [9.17, 15) is 4.39 Å². The predicted molar refractivity (Wildman–Crippen MR) is 146 cm³/mol. The van der Waals surface area contributed by atoms with Gasteiger partial charge >= 0.3 is 0 Å². The Hall–Kier alpha value is -2.08. The first-order valence-electron chi connectivity index (χ1n) is 13.5. The molecular formula is C27H38ClFN6O3. The van der Waals surface area contributed by atoms with Crippen LogP contribution in [0.15, 0.2) is 24.4 Å². The van der Waals surface area contributed by atoms with Crippen molar-refractivity contribution in [1.29, 1.82) is 0 Å². The smallest absolute Gasteiger partial charge is 0.178 e. The summed E-state index contributed by atoms with van der Waals surface area (Å²) in [6.07, 6.45) is 7.19. The Bertz CT molecular complexity index is 1090. The number of nitrogens with one attached hydrogen (secondary N) is 3. The van der Waals surface area contributed by atoms with Crippen LogP contribution in [-0.4, -0.2) is 72.9 Å². The minimum Gasteiger partial charge on any atom is -0.381 e. The summed E-state index contributed by atoms with van der Waals surface area (Å²) >= 11 is 6.50. The highest BCUT2D eigenvalue weighted by molar-refractivity contribution is 6.33. The van der Waals surface area contributed by atoms with Crippen LogP contribution in [0.1, 0.15) is 45.4 Å². The topological polar surface area (TPSA) is 116 Å². The third kappa shape index (κ3) is 6.91. The summed E-state index contributed by atoms with van der Waals surface area (Å²) in [4.78, 5) is 9.02. The summed E-state index contributed by atoms with van der Waals surface area (Å²) in [5.41, 5.74) is 7.27. The molecule has 3 fully saturated rings. The Kier molecular flexibility index (Phi) is 8.66. The lowest BCUT2D eigenvalue weighted by Crippen LogP contribution is -2.50. The van der Waals surface area contributed by atoms with Gasteiger partial charge in [-0.15, -0.1) is 0 Å². The molecule has 0 amide bonds. The molecule has 1 saturated carbocycles. The van der Waals surface area contributed by atoms with Crippen LogP contribution in [0.5, 0.6) is 0 Å². The largest absolute Gasteiger partial charge is 0.381 e. The maximum atomic E-state index is 14.6. The van der Waals surface area contributed by atoms with Crippen LogP contribution in [0.3, 0.4) is 0 Å². The third-order valence-electron chi connectivity index (χ3n) is 7.76. The summed E-state index contributed by atoms with van der Waals surface area (Å²) in [5.74, 6) is -0.0588. The first-order valence-corrected chi connectivity index (χ1v) is 13.9. The highest BCUT2D eigenvalue weighted by Gasteiger charge is 2.32. The number of hydrogen-bond acceptors (Lipinski definition) is 9. The summed E-state index contributed by atoms with van der Waals surface area (Å²) < 4.78 is 31.4. The fourth-order valence-electron chi connectivity index (χ4n) is 5.28. The van der Waals surface area contributed by atoms with Gasteiger partial charge in [0, 0.05) is 55.7 Å². The molecule has 0 bridgehead atoms. The van der Waals surface area contributed by atoms with Crippen LogP contribution in [-0.2, 0) is 14.2 Å². The Labute approximate surface area is 228 Å². The van der Waals surface area contributed by atoms with E-state index in [0.29, 0.717) is 80.7 Å². The van der Waals surface area contributed by atoms with Gasteiger partial charge in [0.1, 0.15) is 5.82 Å². The van der Waals surface area contributed by atoms with E-state index in [1.807, 2.05) is 13.0 Å². The molecule has 2 saturated heterocycles. The molecule has 4 heterocycles. The van der Waals surface area contributed by atoms with Crippen molar-refractivity contribution in [1.82, 2.24) is 15.3 Å². The second-order valence-corrected chi connectivity index (χ2v) is 11.2. The van der Waals surface area contributed by atoms with Crippen LogP contribution in [0.2, 0.25) is 5.02 Å². The summed E-state index contributed by atoms with van der Waals surface area (Å²) in [6, 6.07) is 5.66.